The van der Waals surface area contributed by atoms with Crippen molar-refractivity contribution in [2.45, 2.75) is 224 Å². The molecule has 0 saturated heterocycles. The molecule has 0 spiro atoms. The van der Waals surface area contributed by atoms with Gasteiger partial charge < -0.3 is 39.9 Å². The second kappa shape index (κ2) is 37.2. The van der Waals surface area contributed by atoms with Crippen molar-refractivity contribution in [3.8, 4) is 0 Å². The van der Waals surface area contributed by atoms with Crippen molar-refractivity contribution < 1.29 is 63.1 Å². The van der Waals surface area contributed by atoms with Gasteiger partial charge in [-0.15, -0.1) is 0 Å². The van der Waals surface area contributed by atoms with E-state index >= 15 is 0 Å². The topological polar surface area (TPSA) is 210 Å². The lowest BCUT2D eigenvalue weighted by Gasteiger charge is -2.41. The van der Waals surface area contributed by atoms with Gasteiger partial charge in [-0.25, -0.2) is 4.57 Å². The first-order chi connectivity index (χ1) is 29.4. The van der Waals surface area contributed by atoms with Gasteiger partial charge in [0, 0.05) is 12.8 Å². The number of phosphoric ester groups is 1. The minimum atomic E-state index is -5.13. The van der Waals surface area contributed by atoms with E-state index in [1.807, 2.05) is 0 Å². The average molecular weight is 887 g/mol. The largest absolute Gasteiger partial charge is 0.472 e. The molecule has 0 aromatic heterocycles. The Bertz CT molecular complexity index is 1250. The highest BCUT2D eigenvalue weighted by atomic mass is 31.2. The van der Waals surface area contributed by atoms with E-state index in [9.17, 15) is 44.6 Å². The molecule has 1 saturated carbocycles. The van der Waals surface area contributed by atoms with Crippen LogP contribution in [0.5, 0.6) is 0 Å². The van der Waals surface area contributed by atoms with Crippen LogP contribution in [0.15, 0.2) is 48.6 Å². The smallest absolute Gasteiger partial charge is 0.462 e. The number of carbonyl (C=O) groups excluding carboxylic acids is 2. The van der Waals surface area contributed by atoms with E-state index in [1.165, 1.54) is 57.8 Å². The number of hydrogen-bond donors (Lipinski definition) is 6. The molecule has 0 aliphatic heterocycles. The molecule has 1 aliphatic rings. The van der Waals surface area contributed by atoms with Crippen LogP contribution in [0, 0.1) is 0 Å². The van der Waals surface area contributed by atoms with E-state index in [-0.39, 0.29) is 12.8 Å². The molecule has 6 N–H and O–H groups in total. The summed E-state index contributed by atoms with van der Waals surface area (Å²) < 4.78 is 33.5. The molecule has 0 amide bonds. The molecule has 1 aliphatic carbocycles. The van der Waals surface area contributed by atoms with Gasteiger partial charge in [0.2, 0.25) is 0 Å². The Balaban J connectivity index is 2.48. The molecular weight excluding hydrogens is 803 g/mol. The van der Waals surface area contributed by atoms with Crippen molar-refractivity contribution in [1.82, 2.24) is 0 Å². The van der Waals surface area contributed by atoms with Crippen molar-refractivity contribution in [2.75, 3.05) is 13.2 Å². The van der Waals surface area contributed by atoms with Crippen LogP contribution < -0.4 is 0 Å². The van der Waals surface area contributed by atoms with Crippen LogP contribution in [0.25, 0.3) is 0 Å². The number of aliphatic hydroxyl groups excluding tert-OH is 5. The zero-order valence-electron chi connectivity index (χ0n) is 37.4. The molecule has 0 aromatic carbocycles. The minimum absolute atomic E-state index is 0.0514. The van der Waals surface area contributed by atoms with Crippen molar-refractivity contribution >= 4 is 19.8 Å². The molecular formula is C47H83O13P. The van der Waals surface area contributed by atoms with Gasteiger partial charge in [0.05, 0.1) is 6.61 Å². The van der Waals surface area contributed by atoms with Crippen LogP contribution >= 0.6 is 7.82 Å². The summed E-state index contributed by atoms with van der Waals surface area (Å²) in [5.74, 6) is -1.15. The van der Waals surface area contributed by atoms with E-state index in [0.717, 1.165) is 83.5 Å². The summed E-state index contributed by atoms with van der Waals surface area (Å²) in [5, 5.41) is 50.1. The monoisotopic (exact) mass is 887 g/mol. The summed E-state index contributed by atoms with van der Waals surface area (Å²) >= 11 is 0. The Morgan fingerprint density at radius 3 is 1.39 bits per heavy atom. The second-order valence-electron chi connectivity index (χ2n) is 16.3. The van der Waals surface area contributed by atoms with Gasteiger partial charge in [-0.2, -0.15) is 0 Å². The summed E-state index contributed by atoms with van der Waals surface area (Å²) in [5.41, 5.74) is 0. The first kappa shape index (κ1) is 56.8. The molecule has 1 rings (SSSR count). The Hall–Kier alpha value is -2.19. The predicted molar refractivity (Wildman–Crippen MR) is 239 cm³/mol. The highest BCUT2D eigenvalue weighted by molar-refractivity contribution is 7.47. The molecule has 8 atom stereocenters. The number of unbranched alkanes of at least 4 members (excludes halogenated alkanes) is 18. The minimum Gasteiger partial charge on any atom is -0.462 e. The first-order valence-corrected chi connectivity index (χ1v) is 24.9. The number of phosphoric acid groups is 1. The fourth-order valence-electron chi connectivity index (χ4n) is 6.82. The van der Waals surface area contributed by atoms with Gasteiger partial charge in [0.1, 0.15) is 43.2 Å². The van der Waals surface area contributed by atoms with Crippen LogP contribution in [0.4, 0.5) is 0 Å². The van der Waals surface area contributed by atoms with Crippen LogP contribution in [0.1, 0.15) is 181 Å². The maximum Gasteiger partial charge on any atom is 0.472 e. The number of rotatable bonds is 38. The molecule has 0 bridgehead atoms. The van der Waals surface area contributed by atoms with Crippen molar-refractivity contribution in [1.29, 1.82) is 0 Å². The van der Waals surface area contributed by atoms with Gasteiger partial charge in [-0.1, -0.05) is 140 Å². The summed E-state index contributed by atoms with van der Waals surface area (Å²) in [4.78, 5) is 35.7. The Morgan fingerprint density at radius 2 is 0.885 bits per heavy atom. The summed E-state index contributed by atoms with van der Waals surface area (Å²) in [6.45, 7) is 3.23. The number of aliphatic hydroxyl groups is 5. The average Bonchev–Trinajstić information content (AvgIpc) is 3.24. The number of allylic oxidation sites excluding steroid dienone is 8. The van der Waals surface area contributed by atoms with E-state index in [0.29, 0.717) is 12.8 Å². The van der Waals surface area contributed by atoms with E-state index < -0.39 is 75.7 Å². The number of esters is 2. The van der Waals surface area contributed by atoms with Gasteiger partial charge in [0.25, 0.3) is 0 Å². The third-order valence-corrected chi connectivity index (χ3v) is 11.6. The van der Waals surface area contributed by atoms with Crippen LogP contribution in [-0.2, 0) is 32.7 Å². The SMILES string of the molecule is CCCCC/C=C/C/C=C/CCCCCCCCCC(=O)OC[C@@H](COP(=O)(O)OC1C(O)C(O)C(O)[C@H](O)C1O)OC(=O)CCCC/C=C/C/C=C/CCCCCCCC. The Kier molecular flexibility index (Phi) is 34.7. The quantitative estimate of drug-likeness (QED) is 0.0148. The van der Waals surface area contributed by atoms with Crippen LogP contribution in [0.2, 0.25) is 0 Å². The summed E-state index contributed by atoms with van der Waals surface area (Å²) in [6, 6.07) is 0. The van der Waals surface area contributed by atoms with Gasteiger partial charge >= 0.3 is 19.8 Å². The molecule has 6 unspecified atom stereocenters. The maximum atomic E-state index is 12.8. The van der Waals surface area contributed by atoms with Crippen molar-refractivity contribution in [3.63, 3.8) is 0 Å². The van der Waals surface area contributed by atoms with E-state index in [2.05, 4.69) is 62.5 Å². The fourth-order valence-corrected chi connectivity index (χ4v) is 7.79. The lowest BCUT2D eigenvalue weighted by atomic mass is 9.85. The number of carbonyl (C=O) groups is 2. The van der Waals surface area contributed by atoms with Crippen LogP contribution in [0.3, 0.4) is 0 Å². The predicted octanol–water partition coefficient (Wildman–Crippen LogP) is 9.17. The lowest BCUT2D eigenvalue weighted by Crippen LogP contribution is -2.64. The molecule has 1 fully saturated rings. The zero-order chi connectivity index (χ0) is 45.0. The fraction of sp³-hybridized carbons (Fsp3) is 0.787. The normalized spacial score (nSPS) is 22.4. The summed E-state index contributed by atoms with van der Waals surface area (Å²) in [6.07, 6.45) is 30.2. The van der Waals surface area contributed by atoms with Crippen LogP contribution in [-0.4, -0.2) is 98.3 Å². The molecule has 354 valence electrons. The maximum absolute atomic E-state index is 12.8. The number of ether oxygens (including phenoxy) is 2. The lowest BCUT2D eigenvalue weighted by molar-refractivity contribution is -0.220. The Labute approximate surface area is 367 Å². The highest BCUT2D eigenvalue weighted by Gasteiger charge is 2.51. The zero-order valence-corrected chi connectivity index (χ0v) is 38.3. The molecule has 13 nitrogen and oxygen atoms in total. The van der Waals surface area contributed by atoms with Crippen molar-refractivity contribution in [2.24, 2.45) is 0 Å². The highest BCUT2D eigenvalue weighted by Crippen LogP contribution is 2.47. The number of hydrogen-bond acceptors (Lipinski definition) is 12. The van der Waals surface area contributed by atoms with Gasteiger partial charge in [-0.05, 0) is 77.0 Å². The Morgan fingerprint density at radius 1 is 0.508 bits per heavy atom. The molecule has 0 aromatic rings. The standard InChI is InChI=1S/C47H83O13P/c1-3-5-7-9-11-13-15-17-19-20-22-23-25-27-29-31-33-35-40(48)57-37-39(38-58-61(55,56)60-47-45(53)43(51)42(50)44(52)46(47)54)59-41(49)36-34-32-30-28-26-24-21-18-16-14-12-10-8-6-4-2/h11,13,17-19,21,26,28,39,42-47,50-54H,3-10,12,14-16,20,22-25,27,29-38H2,1-2H3,(H,55,56)/b13-11+,19-17+,21-18+,28-26+/t39-,42?,43-,44?,45?,46?,47?/m0/s1. The molecule has 61 heavy (non-hydrogen) atoms. The van der Waals surface area contributed by atoms with Crippen molar-refractivity contribution in [3.05, 3.63) is 48.6 Å². The molecule has 14 heteroatoms. The van der Waals surface area contributed by atoms with E-state index in [1.54, 1.807) is 0 Å². The summed E-state index contributed by atoms with van der Waals surface area (Å²) in [7, 11) is -5.13. The van der Waals surface area contributed by atoms with Gasteiger partial charge in [-0.3, -0.25) is 18.6 Å². The molecule has 0 radical (unpaired) electrons. The molecule has 0 heterocycles. The second-order valence-corrected chi connectivity index (χ2v) is 17.7. The third-order valence-electron chi connectivity index (χ3n) is 10.6. The first-order valence-electron chi connectivity index (χ1n) is 23.4. The third kappa shape index (κ3) is 29.7. The van der Waals surface area contributed by atoms with Gasteiger partial charge in [0.15, 0.2) is 6.10 Å². The van der Waals surface area contributed by atoms with E-state index in [4.69, 9.17) is 18.5 Å².